The number of aryl methyl sites for hydroxylation is 1. The van der Waals surface area contributed by atoms with Crippen LogP contribution in [0.2, 0.25) is 0 Å². The molecule has 4 nitrogen and oxygen atoms in total. The number of hydrogen-bond donors (Lipinski definition) is 0. The fourth-order valence-corrected chi connectivity index (χ4v) is 1.76. The molecular formula is C12H16N2O2. The van der Waals surface area contributed by atoms with E-state index in [4.69, 9.17) is 9.15 Å². The highest BCUT2D eigenvalue weighted by molar-refractivity contribution is 5.73. The summed E-state index contributed by atoms with van der Waals surface area (Å²) in [6.45, 7) is 3.31. The van der Waals surface area contributed by atoms with Crippen LogP contribution in [0, 0.1) is 6.92 Å². The van der Waals surface area contributed by atoms with Gasteiger partial charge in [0.25, 0.3) is 0 Å². The van der Waals surface area contributed by atoms with Crippen molar-refractivity contribution >= 4 is 11.1 Å². The minimum absolute atomic E-state index is 0.619. The Balaban J connectivity index is 2.18. The van der Waals surface area contributed by atoms with Crippen LogP contribution >= 0.6 is 0 Å². The Morgan fingerprint density at radius 1 is 1.44 bits per heavy atom. The predicted molar refractivity (Wildman–Crippen MR) is 62.1 cm³/mol. The number of ether oxygens (including phenoxy) is 1. The molecule has 0 unspecified atom stereocenters. The first-order valence-corrected chi connectivity index (χ1v) is 5.22. The Kier molecular flexibility index (Phi) is 3.22. The van der Waals surface area contributed by atoms with Crippen LogP contribution in [0.1, 0.15) is 11.5 Å². The number of oxazole rings is 1. The molecule has 0 aliphatic rings. The third-order valence-corrected chi connectivity index (χ3v) is 2.36. The zero-order chi connectivity index (χ0) is 11.5. The van der Waals surface area contributed by atoms with Crippen LogP contribution in [0.4, 0.5) is 0 Å². The van der Waals surface area contributed by atoms with E-state index in [1.54, 1.807) is 7.11 Å². The molecule has 0 saturated carbocycles. The van der Waals surface area contributed by atoms with E-state index in [1.807, 2.05) is 26.1 Å². The molecule has 0 N–H and O–H groups in total. The van der Waals surface area contributed by atoms with E-state index in [9.17, 15) is 0 Å². The highest BCUT2D eigenvalue weighted by atomic mass is 16.5. The van der Waals surface area contributed by atoms with Crippen LogP contribution in [0.15, 0.2) is 22.6 Å². The van der Waals surface area contributed by atoms with Gasteiger partial charge in [-0.05, 0) is 24.7 Å². The zero-order valence-electron chi connectivity index (χ0n) is 9.86. The second-order valence-electron chi connectivity index (χ2n) is 3.97. The number of hydrogen-bond acceptors (Lipinski definition) is 4. The summed E-state index contributed by atoms with van der Waals surface area (Å²) in [5.74, 6) is 0.706. The lowest BCUT2D eigenvalue weighted by Gasteiger charge is -2.14. The van der Waals surface area contributed by atoms with Crippen molar-refractivity contribution in [2.75, 3.05) is 20.9 Å². The molecule has 1 aromatic heterocycles. The summed E-state index contributed by atoms with van der Waals surface area (Å²) in [6, 6.07) is 6.08. The van der Waals surface area contributed by atoms with Gasteiger partial charge in [0.1, 0.15) is 5.52 Å². The lowest BCUT2D eigenvalue weighted by atomic mass is 10.2. The second-order valence-corrected chi connectivity index (χ2v) is 3.97. The van der Waals surface area contributed by atoms with Crippen LogP contribution in [0.5, 0.6) is 0 Å². The maximum atomic E-state index is 5.49. The summed E-state index contributed by atoms with van der Waals surface area (Å²) in [6.07, 6.45) is 0. The van der Waals surface area contributed by atoms with Crippen molar-refractivity contribution in [2.45, 2.75) is 13.5 Å². The van der Waals surface area contributed by atoms with E-state index >= 15 is 0 Å². The zero-order valence-corrected chi connectivity index (χ0v) is 9.86. The summed E-state index contributed by atoms with van der Waals surface area (Å²) >= 11 is 0. The Morgan fingerprint density at radius 2 is 2.25 bits per heavy atom. The summed E-state index contributed by atoms with van der Waals surface area (Å²) < 4.78 is 10.5. The molecule has 0 atom stereocenters. The molecule has 0 amide bonds. The highest BCUT2D eigenvalue weighted by Crippen LogP contribution is 2.17. The Hall–Kier alpha value is -1.39. The van der Waals surface area contributed by atoms with E-state index in [-0.39, 0.29) is 0 Å². The highest BCUT2D eigenvalue weighted by Gasteiger charge is 2.05. The van der Waals surface area contributed by atoms with Crippen molar-refractivity contribution < 1.29 is 9.15 Å². The molecule has 0 radical (unpaired) electrons. The Morgan fingerprint density at radius 3 is 3.00 bits per heavy atom. The van der Waals surface area contributed by atoms with E-state index < -0.39 is 0 Å². The molecule has 0 spiro atoms. The van der Waals surface area contributed by atoms with Crippen LogP contribution in [-0.2, 0) is 11.3 Å². The standard InChI is InChI=1S/C12H16N2O2/c1-9-13-11-5-4-10(6-12(11)16-9)7-14(2)8-15-3/h4-6H,7-8H2,1-3H3. The number of nitrogens with zero attached hydrogens (tertiary/aromatic N) is 2. The maximum Gasteiger partial charge on any atom is 0.192 e. The van der Waals surface area contributed by atoms with Gasteiger partial charge in [-0.25, -0.2) is 4.98 Å². The first-order chi connectivity index (χ1) is 7.69. The summed E-state index contributed by atoms with van der Waals surface area (Å²) in [7, 11) is 3.71. The Bertz CT molecular complexity index is 479. The first kappa shape index (κ1) is 11.1. The summed E-state index contributed by atoms with van der Waals surface area (Å²) in [5, 5.41) is 0. The Labute approximate surface area is 94.8 Å². The third-order valence-electron chi connectivity index (χ3n) is 2.36. The quantitative estimate of drug-likeness (QED) is 0.740. The normalized spacial score (nSPS) is 11.5. The van der Waals surface area contributed by atoms with Gasteiger partial charge < -0.3 is 9.15 Å². The van der Waals surface area contributed by atoms with Crippen LogP contribution in [0.25, 0.3) is 11.1 Å². The number of rotatable bonds is 4. The van der Waals surface area contributed by atoms with Crippen molar-refractivity contribution in [3.63, 3.8) is 0 Å². The van der Waals surface area contributed by atoms with Crippen molar-refractivity contribution in [1.29, 1.82) is 0 Å². The van der Waals surface area contributed by atoms with Crippen molar-refractivity contribution in [2.24, 2.45) is 0 Å². The number of benzene rings is 1. The number of aromatic nitrogens is 1. The van der Waals surface area contributed by atoms with E-state index in [1.165, 1.54) is 5.56 Å². The number of fused-ring (bicyclic) bond motifs is 1. The van der Waals surface area contributed by atoms with Crippen molar-refractivity contribution in [1.82, 2.24) is 9.88 Å². The molecule has 1 heterocycles. The lowest BCUT2D eigenvalue weighted by Crippen LogP contribution is -2.20. The molecule has 4 heteroatoms. The first-order valence-electron chi connectivity index (χ1n) is 5.22. The van der Waals surface area contributed by atoms with Crippen LogP contribution in [-0.4, -0.2) is 30.8 Å². The van der Waals surface area contributed by atoms with E-state index in [0.717, 1.165) is 17.6 Å². The topological polar surface area (TPSA) is 38.5 Å². The van der Waals surface area contributed by atoms with Crippen LogP contribution < -0.4 is 0 Å². The SMILES string of the molecule is COCN(C)Cc1ccc2nc(C)oc2c1. The molecule has 0 saturated heterocycles. The molecule has 0 aliphatic carbocycles. The molecule has 16 heavy (non-hydrogen) atoms. The van der Waals surface area contributed by atoms with Crippen molar-refractivity contribution in [3.8, 4) is 0 Å². The summed E-state index contributed by atoms with van der Waals surface area (Å²) in [5.41, 5.74) is 2.96. The lowest BCUT2D eigenvalue weighted by molar-refractivity contribution is 0.0772. The molecular weight excluding hydrogens is 204 g/mol. The van der Waals surface area contributed by atoms with Gasteiger partial charge in [-0.3, -0.25) is 4.90 Å². The predicted octanol–water partition coefficient (Wildman–Crippen LogP) is 2.17. The molecule has 2 rings (SSSR count). The third kappa shape index (κ3) is 2.40. The molecule has 86 valence electrons. The van der Waals surface area contributed by atoms with Gasteiger partial charge >= 0.3 is 0 Å². The summed E-state index contributed by atoms with van der Waals surface area (Å²) in [4.78, 5) is 6.35. The number of methoxy groups -OCH3 is 1. The molecule has 0 fully saturated rings. The van der Waals surface area contributed by atoms with Gasteiger partial charge in [0.05, 0.1) is 6.73 Å². The molecule has 1 aromatic carbocycles. The maximum absolute atomic E-state index is 5.49. The molecule has 0 aliphatic heterocycles. The van der Waals surface area contributed by atoms with Gasteiger partial charge in [-0.1, -0.05) is 6.07 Å². The van der Waals surface area contributed by atoms with Gasteiger partial charge in [0, 0.05) is 20.6 Å². The fraction of sp³-hybridized carbons (Fsp3) is 0.417. The van der Waals surface area contributed by atoms with Crippen LogP contribution in [0.3, 0.4) is 0 Å². The second kappa shape index (κ2) is 4.63. The monoisotopic (exact) mass is 220 g/mol. The van der Waals surface area contributed by atoms with E-state index in [2.05, 4.69) is 16.0 Å². The van der Waals surface area contributed by atoms with Crippen molar-refractivity contribution in [3.05, 3.63) is 29.7 Å². The minimum Gasteiger partial charge on any atom is -0.441 e. The minimum atomic E-state index is 0.619. The fourth-order valence-electron chi connectivity index (χ4n) is 1.76. The average Bonchev–Trinajstić information content (AvgIpc) is 2.57. The van der Waals surface area contributed by atoms with Gasteiger partial charge in [0.2, 0.25) is 0 Å². The van der Waals surface area contributed by atoms with E-state index in [0.29, 0.717) is 12.6 Å². The average molecular weight is 220 g/mol. The van der Waals surface area contributed by atoms with Gasteiger partial charge in [-0.2, -0.15) is 0 Å². The molecule has 0 bridgehead atoms. The van der Waals surface area contributed by atoms with Gasteiger partial charge in [0.15, 0.2) is 11.5 Å². The largest absolute Gasteiger partial charge is 0.441 e. The smallest absolute Gasteiger partial charge is 0.192 e. The molecule has 2 aromatic rings. The van der Waals surface area contributed by atoms with Gasteiger partial charge in [-0.15, -0.1) is 0 Å².